The smallest absolute Gasteiger partial charge is 0.135 e. The molecule has 1 N–H and O–H groups in total. The van der Waals surface area contributed by atoms with Crippen molar-refractivity contribution in [3.05, 3.63) is 42.0 Å². The lowest BCUT2D eigenvalue weighted by atomic mass is 10.1. The van der Waals surface area contributed by atoms with Gasteiger partial charge in [-0.25, -0.2) is 9.97 Å². The first-order chi connectivity index (χ1) is 11.7. The number of ether oxygens (including phenoxy) is 1. The molecule has 1 aromatic carbocycles. The standard InChI is InChI=1S/C18H21N5O/c1-12-10-19-13(2)21-18(12)23-7-5-15(6-8-23)24-16-3-4-17-14(9-16)11-20-22-17/h3-4,9-11,15H,5-8H2,1-2H3,(H,20,22). The number of benzene rings is 1. The summed E-state index contributed by atoms with van der Waals surface area (Å²) in [6.07, 6.45) is 5.96. The summed E-state index contributed by atoms with van der Waals surface area (Å²) in [4.78, 5) is 11.2. The minimum atomic E-state index is 0.244. The molecule has 6 heteroatoms. The number of hydrogen-bond donors (Lipinski definition) is 1. The maximum atomic E-state index is 6.17. The number of piperidine rings is 1. The van der Waals surface area contributed by atoms with Gasteiger partial charge in [0.25, 0.3) is 0 Å². The second kappa shape index (κ2) is 6.11. The van der Waals surface area contributed by atoms with Gasteiger partial charge < -0.3 is 9.64 Å². The number of aromatic amines is 1. The Morgan fingerprint density at radius 1 is 1.17 bits per heavy atom. The molecule has 1 aliphatic rings. The van der Waals surface area contributed by atoms with Crippen LogP contribution in [0.1, 0.15) is 24.2 Å². The Hall–Kier alpha value is -2.63. The number of hydrogen-bond acceptors (Lipinski definition) is 5. The van der Waals surface area contributed by atoms with Crippen molar-refractivity contribution in [2.75, 3.05) is 18.0 Å². The maximum absolute atomic E-state index is 6.17. The first kappa shape index (κ1) is 14.9. The monoisotopic (exact) mass is 323 g/mol. The third-order valence-electron chi connectivity index (χ3n) is 4.52. The van der Waals surface area contributed by atoms with Gasteiger partial charge in [-0.1, -0.05) is 0 Å². The van der Waals surface area contributed by atoms with Crippen LogP contribution in [0.4, 0.5) is 5.82 Å². The van der Waals surface area contributed by atoms with E-state index in [1.807, 2.05) is 37.5 Å². The Balaban J connectivity index is 1.41. The molecular weight excluding hydrogens is 302 g/mol. The maximum Gasteiger partial charge on any atom is 0.135 e. The molecule has 0 aliphatic carbocycles. The van der Waals surface area contributed by atoms with E-state index in [9.17, 15) is 0 Å². The highest BCUT2D eigenvalue weighted by Gasteiger charge is 2.22. The van der Waals surface area contributed by atoms with E-state index in [-0.39, 0.29) is 6.10 Å². The Morgan fingerprint density at radius 2 is 2.00 bits per heavy atom. The summed E-state index contributed by atoms with van der Waals surface area (Å²) < 4.78 is 6.17. The third kappa shape index (κ3) is 2.91. The quantitative estimate of drug-likeness (QED) is 0.802. The molecule has 0 unspecified atom stereocenters. The molecule has 2 aromatic heterocycles. The van der Waals surface area contributed by atoms with Gasteiger partial charge in [-0.15, -0.1) is 0 Å². The average Bonchev–Trinajstić information content (AvgIpc) is 3.06. The number of aryl methyl sites for hydroxylation is 2. The van der Waals surface area contributed by atoms with Crippen molar-refractivity contribution < 1.29 is 4.74 Å². The molecule has 0 spiro atoms. The van der Waals surface area contributed by atoms with Crippen LogP contribution < -0.4 is 9.64 Å². The zero-order valence-electron chi connectivity index (χ0n) is 14.0. The first-order valence-corrected chi connectivity index (χ1v) is 8.34. The lowest BCUT2D eigenvalue weighted by Gasteiger charge is -2.33. The third-order valence-corrected chi connectivity index (χ3v) is 4.52. The van der Waals surface area contributed by atoms with Crippen molar-refractivity contribution in [3.8, 4) is 5.75 Å². The fourth-order valence-corrected chi connectivity index (χ4v) is 3.21. The van der Waals surface area contributed by atoms with E-state index < -0.39 is 0 Å². The predicted octanol–water partition coefficient (Wildman–Crippen LogP) is 3.02. The molecule has 3 aromatic rings. The van der Waals surface area contributed by atoms with Crippen LogP contribution in [0.15, 0.2) is 30.6 Å². The Kier molecular flexibility index (Phi) is 3.80. The molecule has 3 heterocycles. The van der Waals surface area contributed by atoms with E-state index in [2.05, 4.69) is 32.0 Å². The molecular formula is C18H21N5O. The minimum Gasteiger partial charge on any atom is -0.490 e. The Labute approximate surface area is 140 Å². The molecule has 1 saturated heterocycles. The number of H-pyrrole nitrogens is 1. The highest BCUT2D eigenvalue weighted by Crippen LogP contribution is 2.25. The molecule has 0 saturated carbocycles. The normalized spacial score (nSPS) is 15.8. The molecule has 0 radical (unpaired) electrons. The fraction of sp³-hybridized carbons (Fsp3) is 0.389. The molecule has 0 bridgehead atoms. The summed E-state index contributed by atoms with van der Waals surface area (Å²) in [7, 11) is 0. The van der Waals surface area contributed by atoms with E-state index in [1.54, 1.807) is 0 Å². The summed E-state index contributed by atoms with van der Waals surface area (Å²) in [6.45, 7) is 5.91. The van der Waals surface area contributed by atoms with Gasteiger partial charge in [0.05, 0.1) is 11.7 Å². The van der Waals surface area contributed by atoms with Crippen molar-refractivity contribution in [1.82, 2.24) is 20.2 Å². The molecule has 4 rings (SSSR count). The number of aromatic nitrogens is 4. The summed E-state index contributed by atoms with van der Waals surface area (Å²) in [6, 6.07) is 6.06. The zero-order chi connectivity index (χ0) is 16.5. The van der Waals surface area contributed by atoms with Gasteiger partial charge >= 0.3 is 0 Å². The minimum absolute atomic E-state index is 0.244. The van der Waals surface area contributed by atoms with Gasteiger partial charge in [-0.05, 0) is 32.0 Å². The van der Waals surface area contributed by atoms with E-state index in [0.717, 1.165) is 59.8 Å². The van der Waals surface area contributed by atoms with E-state index in [1.165, 1.54) is 0 Å². The van der Waals surface area contributed by atoms with Crippen LogP contribution in [0.3, 0.4) is 0 Å². The largest absolute Gasteiger partial charge is 0.490 e. The number of rotatable bonds is 3. The van der Waals surface area contributed by atoms with Crippen LogP contribution in [-0.4, -0.2) is 39.4 Å². The van der Waals surface area contributed by atoms with E-state index in [0.29, 0.717) is 0 Å². The van der Waals surface area contributed by atoms with Crippen molar-refractivity contribution >= 4 is 16.7 Å². The molecule has 0 amide bonds. The lowest BCUT2D eigenvalue weighted by Crippen LogP contribution is -2.39. The van der Waals surface area contributed by atoms with E-state index >= 15 is 0 Å². The SMILES string of the molecule is Cc1ncc(C)c(N2CCC(Oc3ccc4[nH]ncc4c3)CC2)n1. The summed E-state index contributed by atoms with van der Waals surface area (Å²) in [5.41, 5.74) is 2.16. The van der Waals surface area contributed by atoms with Gasteiger partial charge in [0.1, 0.15) is 23.5 Å². The predicted molar refractivity (Wildman–Crippen MR) is 93.5 cm³/mol. The first-order valence-electron chi connectivity index (χ1n) is 8.34. The van der Waals surface area contributed by atoms with Gasteiger partial charge in [-0.3, -0.25) is 5.10 Å². The number of fused-ring (bicyclic) bond motifs is 1. The van der Waals surface area contributed by atoms with Crippen molar-refractivity contribution in [2.45, 2.75) is 32.8 Å². The van der Waals surface area contributed by atoms with Crippen LogP contribution in [-0.2, 0) is 0 Å². The second-order valence-corrected chi connectivity index (χ2v) is 6.35. The van der Waals surface area contributed by atoms with Crippen LogP contribution in [0.25, 0.3) is 10.9 Å². The van der Waals surface area contributed by atoms with Crippen LogP contribution >= 0.6 is 0 Å². The van der Waals surface area contributed by atoms with Gasteiger partial charge in [0, 0.05) is 43.1 Å². The Bertz CT molecular complexity index is 851. The Morgan fingerprint density at radius 3 is 2.83 bits per heavy atom. The fourth-order valence-electron chi connectivity index (χ4n) is 3.21. The second-order valence-electron chi connectivity index (χ2n) is 6.35. The number of anilines is 1. The van der Waals surface area contributed by atoms with Gasteiger partial charge in [-0.2, -0.15) is 5.10 Å². The highest BCUT2D eigenvalue weighted by molar-refractivity contribution is 5.79. The summed E-state index contributed by atoms with van der Waals surface area (Å²) in [5.74, 6) is 2.79. The van der Waals surface area contributed by atoms with Crippen LogP contribution in [0.2, 0.25) is 0 Å². The lowest BCUT2D eigenvalue weighted by molar-refractivity contribution is 0.171. The number of nitrogens with one attached hydrogen (secondary N) is 1. The molecule has 6 nitrogen and oxygen atoms in total. The van der Waals surface area contributed by atoms with Crippen LogP contribution in [0, 0.1) is 13.8 Å². The van der Waals surface area contributed by atoms with Crippen molar-refractivity contribution in [2.24, 2.45) is 0 Å². The van der Waals surface area contributed by atoms with Crippen molar-refractivity contribution in [1.29, 1.82) is 0 Å². The van der Waals surface area contributed by atoms with Crippen LogP contribution in [0.5, 0.6) is 5.75 Å². The zero-order valence-corrected chi connectivity index (χ0v) is 14.0. The molecule has 0 atom stereocenters. The average molecular weight is 323 g/mol. The number of nitrogens with zero attached hydrogens (tertiary/aromatic N) is 4. The molecule has 1 fully saturated rings. The molecule has 124 valence electrons. The van der Waals surface area contributed by atoms with E-state index in [4.69, 9.17) is 4.74 Å². The summed E-state index contributed by atoms with van der Waals surface area (Å²) >= 11 is 0. The van der Waals surface area contributed by atoms with Crippen molar-refractivity contribution in [3.63, 3.8) is 0 Å². The molecule has 24 heavy (non-hydrogen) atoms. The van der Waals surface area contributed by atoms with Gasteiger partial charge in [0.15, 0.2) is 0 Å². The highest BCUT2D eigenvalue weighted by atomic mass is 16.5. The van der Waals surface area contributed by atoms with Gasteiger partial charge in [0.2, 0.25) is 0 Å². The summed E-state index contributed by atoms with van der Waals surface area (Å²) in [5, 5.41) is 8.09. The topological polar surface area (TPSA) is 66.9 Å². The molecule has 1 aliphatic heterocycles.